The van der Waals surface area contributed by atoms with Crippen LogP contribution in [0.5, 0.6) is 0 Å². The number of carbonyl (C=O) groups is 2. The molecule has 0 bridgehead atoms. The third kappa shape index (κ3) is 4.84. The first kappa shape index (κ1) is 16.5. The van der Waals surface area contributed by atoms with Crippen LogP contribution in [-0.2, 0) is 4.79 Å². The SMILES string of the molecule is CC(C)CC(CN)NC(=O)c1ccc(NC(=O)C2CC2)cc1. The summed E-state index contributed by atoms with van der Waals surface area (Å²) < 4.78 is 0. The molecule has 1 aliphatic carbocycles. The van der Waals surface area contributed by atoms with Gasteiger partial charge < -0.3 is 16.4 Å². The molecule has 1 aliphatic rings. The van der Waals surface area contributed by atoms with E-state index in [1.807, 2.05) is 0 Å². The minimum atomic E-state index is -0.129. The van der Waals surface area contributed by atoms with Crippen molar-refractivity contribution in [3.8, 4) is 0 Å². The van der Waals surface area contributed by atoms with Crippen LogP contribution in [0.2, 0.25) is 0 Å². The van der Waals surface area contributed by atoms with E-state index in [-0.39, 0.29) is 23.8 Å². The van der Waals surface area contributed by atoms with Crippen LogP contribution in [0.25, 0.3) is 0 Å². The number of carbonyl (C=O) groups excluding carboxylic acids is 2. The first-order chi connectivity index (χ1) is 10.5. The summed E-state index contributed by atoms with van der Waals surface area (Å²) in [6.07, 6.45) is 2.81. The average molecular weight is 303 g/mol. The van der Waals surface area contributed by atoms with Crippen LogP contribution in [0.1, 0.15) is 43.5 Å². The Labute approximate surface area is 131 Å². The number of anilines is 1. The molecule has 0 heterocycles. The molecule has 5 nitrogen and oxygen atoms in total. The molecule has 1 fully saturated rings. The number of hydrogen-bond acceptors (Lipinski definition) is 3. The summed E-state index contributed by atoms with van der Waals surface area (Å²) in [7, 11) is 0. The van der Waals surface area contributed by atoms with Crippen LogP contribution >= 0.6 is 0 Å². The maximum Gasteiger partial charge on any atom is 0.251 e. The molecule has 2 rings (SSSR count). The average Bonchev–Trinajstić information content (AvgIpc) is 3.31. The van der Waals surface area contributed by atoms with Crippen molar-refractivity contribution in [1.29, 1.82) is 0 Å². The highest BCUT2D eigenvalue weighted by atomic mass is 16.2. The standard InChI is InChI=1S/C17H25N3O2/c1-11(2)9-15(10-18)20-17(22)13-5-7-14(8-6-13)19-16(21)12-3-4-12/h5-8,11-12,15H,3-4,9-10,18H2,1-2H3,(H,19,21)(H,20,22). The second-order valence-corrected chi connectivity index (χ2v) is 6.38. The molecule has 22 heavy (non-hydrogen) atoms. The van der Waals surface area contributed by atoms with Crippen LogP contribution in [0.3, 0.4) is 0 Å². The number of hydrogen-bond donors (Lipinski definition) is 3. The van der Waals surface area contributed by atoms with E-state index in [1.54, 1.807) is 24.3 Å². The lowest BCUT2D eigenvalue weighted by molar-refractivity contribution is -0.117. The van der Waals surface area contributed by atoms with E-state index in [2.05, 4.69) is 24.5 Å². The highest BCUT2D eigenvalue weighted by molar-refractivity contribution is 5.96. The lowest BCUT2D eigenvalue weighted by Gasteiger charge is -2.18. The Kier molecular flexibility index (Phi) is 5.55. The van der Waals surface area contributed by atoms with Gasteiger partial charge in [0, 0.05) is 29.8 Å². The molecule has 1 aromatic carbocycles. The summed E-state index contributed by atoms with van der Waals surface area (Å²) in [6.45, 7) is 4.64. The zero-order chi connectivity index (χ0) is 16.1. The van der Waals surface area contributed by atoms with Crippen molar-refractivity contribution < 1.29 is 9.59 Å². The number of amides is 2. The van der Waals surface area contributed by atoms with Crippen molar-refractivity contribution in [3.63, 3.8) is 0 Å². The van der Waals surface area contributed by atoms with Gasteiger partial charge in [0.05, 0.1) is 0 Å². The van der Waals surface area contributed by atoms with Crippen molar-refractivity contribution in [2.75, 3.05) is 11.9 Å². The monoisotopic (exact) mass is 303 g/mol. The fraction of sp³-hybridized carbons (Fsp3) is 0.529. The smallest absolute Gasteiger partial charge is 0.251 e. The summed E-state index contributed by atoms with van der Waals surface area (Å²) in [5.74, 6) is 0.590. The molecule has 4 N–H and O–H groups in total. The van der Waals surface area contributed by atoms with Crippen molar-refractivity contribution >= 4 is 17.5 Å². The van der Waals surface area contributed by atoms with Crippen molar-refractivity contribution in [3.05, 3.63) is 29.8 Å². The van der Waals surface area contributed by atoms with Gasteiger partial charge >= 0.3 is 0 Å². The molecule has 0 saturated heterocycles. The van der Waals surface area contributed by atoms with Crippen LogP contribution in [0.4, 0.5) is 5.69 Å². The van der Waals surface area contributed by atoms with E-state index in [0.29, 0.717) is 18.0 Å². The van der Waals surface area contributed by atoms with Gasteiger partial charge in [-0.25, -0.2) is 0 Å². The topological polar surface area (TPSA) is 84.2 Å². The maximum absolute atomic E-state index is 12.2. The van der Waals surface area contributed by atoms with Crippen LogP contribution in [0.15, 0.2) is 24.3 Å². The lowest BCUT2D eigenvalue weighted by Crippen LogP contribution is -2.41. The van der Waals surface area contributed by atoms with Gasteiger partial charge in [-0.3, -0.25) is 9.59 Å². The van der Waals surface area contributed by atoms with Crippen LogP contribution in [-0.4, -0.2) is 24.4 Å². The number of nitrogens with one attached hydrogen (secondary N) is 2. The summed E-state index contributed by atoms with van der Waals surface area (Å²) in [6, 6.07) is 6.95. The zero-order valence-electron chi connectivity index (χ0n) is 13.3. The molecule has 0 radical (unpaired) electrons. The first-order valence-electron chi connectivity index (χ1n) is 7.91. The van der Waals surface area contributed by atoms with Gasteiger partial charge in [-0.05, 0) is 49.4 Å². The maximum atomic E-state index is 12.2. The molecule has 0 aliphatic heterocycles. The number of nitrogens with two attached hydrogens (primary N) is 1. The minimum Gasteiger partial charge on any atom is -0.348 e. The summed E-state index contributed by atoms with van der Waals surface area (Å²) in [4.78, 5) is 23.9. The molecule has 5 heteroatoms. The third-order valence-corrected chi connectivity index (χ3v) is 3.74. The fourth-order valence-electron chi connectivity index (χ4n) is 2.35. The molecule has 1 saturated carbocycles. The predicted octanol–water partition coefficient (Wildman–Crippen LogP) is 2.14. The van der Waals surface area contributed by atoms with E-state index in [4.69, 9.17) is 5.73 Å². The number of rotatable bonds is 7. The van der Waals surface area contributed by atoms with Gasteiger partial charge in [0.2, 0.25) is 5.91 Å². The Hall–Kier alpha value is -1.88. The Morgan fingerprint density at radius 1 is 1.23 bits per heavy atom. The molecular formula is C17H25N3O2. The van der Waals surface area contributed by atoms with E-state index in [0.717, 1.165) is 24.9 Å². The lowest BCUT2D eigenvalue weighted by atomic mass is 10.0. The molecule has 0 aromatic heterocycles. The van der Waals surface area contributed by atoms with Gasteiger partial charge in [-0.15, -0.1) is 0 Å². The molecule has 2 amide bonds. The zero-order valence-corrected chi connectivity index (χ0v) is 13.3. The Morgan fingerprint density at radius 2 is 1.86 bits per heavy atom. The first-order valence-corrected chi connectivity index (χ1v) is 7.91. The summed E-state index contributed by atoms with van der Waals surface area (Å²) >= 11 is 0. The highest BCUT2D eigenvalue weighted by Crippen LogP contribution is 2.30. The van der Waals surface area contributed by atoms with E-state index in [9.17, 15) is 9.59 Å². The van der Waals surface area contributed by atoms with E-state index < -0.39 is 0 Å². The molecular weight excluding hydrogens is 278 g/mol. The van der Waals surface area contributed by atoms with Crippen molar-refractivity contribution in [2.24, 2.45) is 17.6 Å². The molecule has 1 aromatic rings. The fourth-order valence-corrected chi connectivity index (χ4v) is 2.35. The Balaban J connectivity index is 1.90. The highest BCUT2D eigenvalue weighted by Gasteiger charge is 2.29. The van der Waals surface area contributed by atoms with Gasteiger partial charge in [0.25, 0.3) is 5.91 Å². The normalized spacial score (nSPS) is 15.5. The minimum absolute atomic E-state index is 0.0123. The van der Waals surface area contributed by atoms with E-state index >= 15 is 0 Å². The molecule has 120 valence electrons. The van der Waals surface area contributed by atoms with Crippen molar-refractivity contribution in [1.82, 2.24) is 5.32 Å². The molecule has 0 spiro atoms. The molecule has 1 unspecified atom stereocenters. The largest absolute Gasteiger partial charge is 0.348 e. The van der Waals surface area contributed by atoms with Gasteiger partial charge in [0.1, 0.15) is 0 Å². The summed E-state index contributed by atoms with van der Waals surface area (Å²) in [5, 5.41) is 5.81. The molecule has 1 atom stereocenters. The van der Waals surface area contributed by atoms with Gasteiger partial charge in [-0.1, -0.05) is 13.8 Å². The Bertz CT molecular complexity index is 521. The van der Waals surface area contributed by atoms with Crippen LogP contribution in [0, 0.1) is 11.8 Å². The van der Waals surface area contributed by atoms with Crippen LogP contribution < -0.4 is 16.4 Å². The number of benzene rings is 1. The Morgan fingerprint density at radius 3 is 2.36 bits per heavy atom. The van der Waals surface area contributed by atoms with Gasteiger partial charge in [-0.2, -0.15) is 0 Å². The van der Waals surface area contributed by atoms with Crippen molar-refractivity contribution in [2.45, 2.75) is 39.2 Å². The summed E-state index contributed by atoms with van der Waals surface area (Å²) in [5.41, 5.74) is 7.00. The predicted molar refractivity (Wildman–Crippen MR) is 87.6 cm³/mol. The van der Waals surface area contributed by atoms with E-state index in [1.165, 1.54) is 0 Å². The second kappa shape index (κ2) is 7.40. The van der Waals surface area contributed by atoms with Gasteiger partial charge in [0.15, 0.2) is 0 Å². The third-order valence-electron chi connectivity index (χ3n) is 3.74. The second-order valence-electron chi connectivity index (χ2n) is 6.38. The quantitative estimate of drug-likeness (QED) is 0.721.